The molecule has 0 saturated heterocycles. The highest BCUT2D eigenvalue weighted by molar-refractivity contribution is 5.88. The lowest BCUT2D eigenvalue weighted by atomic mass is 9.98. The van der Waals surface area contributed by atoms with Gasteiger partial charge in [0.15, 0.2) is 11.6 Å². The minimum absolute atomic E-state index is 0.525. The van der Waals surface area contributed by atoms with Gasteiger partial charge in [0, 0.05) is 28.2 Å². The Kier molecular flexibility index (Phi) is 10.2. The van der Waals surface area contributed by atoms with E-state index in [9.17, 15) is 0 Å². The highest BCUT2D eigenvalue weighted by atomic mass is 15.3. The van der Waals surface area contributed by atoms with E-state index < -0.39 is 0 Å². The average molecular weight is 778 g/mol. The Balaban J connectivity index is 1.25. The summed E-state index contributed by atoms with van der Waals surface area (Å²) in [6.45, 7) is 13.2. The fraction of sp³-hybridized carbons (Fsp3) is 0.109. The first-order valence-corrected chi connectivity index (χ1v) is 20.5. The molecule has 8 aromatic carbocycles. The van der Waals surface area contributed by atoms with Crippen LogP contribution in [0.15, 0.2) is 176 Å². The van der Waals surface area contributed by atoms with Crippen LogP contribution in [-0.4, -0.2) is 15.0 Å². The summed E-state index contributed by atoms with van der Waals surface area (Å²) in [5.41, 5.74) is 16.8. The molecule has 5 nitrogen and oxygen atoms in total. The van der Waals surface area contributed by atoms with Crippen molar-refractivity contribution in [2.24, 2.45) is 0 Å². The molecule has 0 saturated carbocycles. The van der Waals surface area contributed by atoms with Crippen LogP contribution in [0.25, 0.3) is 44.7 Å². The fourth-order valence-electron chi connectivity index (χ4n) is 8.64. The topological polar surface area (TPSA) is 45.2 Å². The summed E-state index contributed by atoms with van der Waals surface area (Å²) < 4.78 is 0. The Labute approximate surface area is 353 Å². The predicted octanol–water partition coefficient (Wildman–Crippen LogP) is 14.8. The maximum atomic E-state index is 5.30. The van der Waals surface area contributed by atoms with Crippen LogP contribution < -0.4 is 9.80 Å². The van der Waals surface area contributed by atoms with E-state index in [1.165, 1.54) is 50.1 Å². The van der Waals surface area contributed by atoms with Crippen LogP contribution in [0.3, 0.4) is 0 Å². The highest BCUT2D eigenvalue weighted by Crippen LogP contribution is 2.44. The lowest BCUT2D eigenvalue weighted by Crippen LogP contribution is -2.17. The fourth-order valence-corrected chi connectivity index (χ4v) is 8.64. The second-order valence-electron chi connectivity index (χ2n) is 15.8. The number of nitrogens with zero attached hydrogens (tertiary/aromatic N) is 5. The van der Waals surface area contributed by atoms with Gasteiger partial charge in [-0.2, -0.15) is 9.97 Å². The minimum Gasteiger partial charge on any atom is -0.309 e. The molecule has 60 heavy (non-hydrogen) atoms. The van der Waals surface area contributed by atoms with E-state index in [0.29, 0.717) is 17.6 Å². The van der Waals surface area contributed by atoms with Gasteiger partial charge in [-0.05, 0) is 128 Å². The van der Waals surface area contributed by atoms with E-state index in [1.807, 2.05) is 24.3 Å². The number of hydrogen-bond acceptors (Lipinski definition) is 5. The molecular weight excluding hydrogens is 731 g/mol. The summed E-state index contributed by atoms with van der Waals surface area (Å²) in [6, 6.07) is 62.0. The number of anilines is 6. The summed E-state index contributed by atoms with van der Waals surface area (Å²) in [4.78, 5) is 20.3. The Morgan fingerprint density at radius 3 is 1.38 bits per heavy atom. The lowest BCUT2D eigenvalue weighted by Gasteiger charge is -2.32. The molecule has 0 unspecified atom stereocenters. The third-order valence-corrected chi connectivity index (χ3v) is 11.2. The molecule has 292 valence electrons. The molecule has 0 bridgehead atoms. The van der Waals surface area contributed by atoms with Gasteiger partial charge in [0.1, 0.15) is 0 Å². The third-order valence-electron chi connectivity index (χ3n) is 11.2. The second-order valence-corrected chi connectivity index (χ2v) is 15.8. The van der Waals surface area contributed by atoms with E-state index in [2.05, 4.69) is 203 Å². The van der Waals surface area contributed by atoms with Crippen molar-refractivity contribution in [3.63, 3.8) is 0 Å². The molecule has 9 rings (SSSR count). The second kappa shape index (κ2) is 16.1. The molecule has 5 heteroatoms. The summed E-state index contributed by atoms with van der Waals surface area (Å²) >= 11 is 0. The molecule has 0 aliphatic carbocycles. The van der Waals surface area contributed by atoms with E-state index in [1.54, 1.807) is 0 Å². The van der Waals surface area contributed by atoms with Crippen molar-refractivity contribution in [2.75, 3.05) is 9.80 Å². The van der Waals surface area contributed by atoms with Crippen molar-refractivity contribution in [1.29, 1.82) is 0 Å². The normalized spacial score (nSPS) is 11.2. The van der Waals surface area contributed by atoms with Gasteiger partial charge in [0.25, 0.3) is 0 Å². The van der Waals surface area contributed by atoms with Crippen LogP contribution >= 0.6 is 0 Å². The monoisotopic (exact) mass is 777 g/mol. The van der Waals surface area contributed by atoms with Crippen molar-refractivity contribution in [3.05, 3.63) is 209 Å². The molecule has 1 heterocycles. The summed E-state index contributed by atoms with van der Waals surface area (Å²) in [6.07, 6.45) is 0. The Hall–Kier alpha value is -7.37. The number of benzene rings is 8. The van der Waals surface area contributed by atoms with Gasteiger partial charge < -0.3 is 4.90 Å². The van der Waals surface area contributed by atoms with Crippen LogP contribution in [0.4, 0.5) is 34.4 Å². The van der Waals surface area contributed by atoms with Crippen LogP contribution in [0, 0.1) is 41.5 Å². The number of rotatable bonds is 9. The Morgan fingerprint density at radius 2 is 0.800 bits per heavy atom. The first kappa shape index (κ1) is 38.2. The minimum atomic E-state index is 0.525. The van der Waals surface area contributed by atoms with Gasteiger partial charge in [-0.1, -0.05) is 145 Å². The summed E-state index contributed by atoms with van der Waals surface area (Å²) in [7, 11) is 0. The van der Waals surface area contributed by atoms with Gasteiger partial charge >= 0.3 is 0 Å². The molecule has 1 aromatic heterocycles. The van der Waals surface area contributed by atoms with E-state index in [-0.39, 0.29) is 0 Å². The third kappa shape index (κ3) is 7.54. The molecule has 0 atom stereocenters. The largest absolute Gasteiger partial charge is 0.309 e. The maximum Gasteiger partial charge on any atom is 0.238 e. The molecule has 0 fully saturated rings. The molecular formula is C55H47N5. The Bertz CT molecular complexity index is 2890. The molecule has 0 aliphatic rings. The van der Waals surface area contributed by atoms with Crippen molar-refractivity contribution in [3.8, 4) is 33.9 Å². The molecule has 0 amide bonds. The van der Waals surface area contributed by atoms with Crippen molar-refractivity contribution < 1.29 is 0 Å². The van der Waals surface area contributed by atoms with Crippen molar-refractivity contribution in [1.82, 2.24) is 15.0 Å². The SMILES string of the molecule is Cc1cc(C)c(N(c2ccc(N(c3cccc(-c4ccccc4)c3)c3nc(-c4ccccc4)nc(-c4ccc5ccccc5c4)n3)cc2)c2c(C)cc(C)cc2C)c(C)c1. The van der Waals surface area contributed by atoms with Gasteiger partial charge in [0.05, 0.1) is 11.4 Å². The standard InChI is InChI=1S/C55H47N5/c1-36-30-38(3)51(39(4)31-36)60(52-40(5)32-37(2)33-41(52)6)49-28-26-48(27-29-49)59(50-23-15-22-46(35-50)42-16-9-7-10-17-42)55-57-53(44-19-11-8-12-20-44)56-54(58-55)47-25-24-43-18-13-14-21-45(43)34-47/h7-35H,1-6H3. The maximum absolute atomic E-state index is 5.30. The lowest BCUT2D eigenvalue weighted by molar-refractivity contribution is 1.02. The number of aryl methyl sites for hydroxylation is 6. The summed E-state index contributed by atoms with van der Waals surface area (Å²) in [5, 5.41) is 2.29. The molecule has 0 aliphatic heterocycles. The van der Waals surface area contributed by atoms with Crippen molar-refractivity contribution in [2.45, 2.75) is 41.5 Å². The molecule has 9 aromatic rings. The van der Waals surface area contributed by atoms with Gasteiger partial charge in [-0.3, -0.25) is 4.90 Å². The zero-order chi connectivity index (χ0) is 41.3. The highest BCUT2D eigenvalue weighted by Gasteiger charge is 2.24. The van der Waals surface area contributed by atoms with Crippen molar-refractivity contribution >= 4 is 45.2 Å². The van der Waals surface area contributed by atoms with Crippen LogP contribution in [-0.2, 0) is 0 Å². The van der Waals surface area contributed by atoms with Gasteiger partial charge in [0.2, 0.25) is 5.95 Å². The molecule has 0 spiro atoms. The first-order chi connectivity index (χ1) is 29.2. The zero-order valence-electron chi connectivity index (χ0n) is 35.0. The van der Waals surface area contributed by atoms with E-state index in [4.69, 9.17) is 15.0 Å². The van der Waals surface area contributed by atoms with Gasteiger partial charge in [-0.15, -0.1) is 0 Å². The quantitative estimate of drug-likeness (QED) is 0.146. The zero-order valence-corrected chi connectivity index (χ0v) is 35.0. The smallest absolute Gasteiger partial charge is 0.238 e. The molecule has 0 radical (unpaired) electrons. The van der Waals surface area contributed by atoms with Gasteiger partial charge in [-0.25, -0.2) is 4.98 Å². The molecule has 0 N–H and O–H groups in total. The predicted molar refractivity (Wildman–Crippen MR) is 251 cm³/mol. The number of hydrogen-bond donors (Lipinski definition) is 0. The van der Waals surface area contributed by atoms with E-state index in [0.717, 1.165) is 44.7 Å². The van der Waals surface area contributed by atoms with Crippen LogP contribution in [0.2, 0.25) is 0 Å². The van der Waals surface area contributed by atoms with Crippen LogP contribution in [0.1, 0.15) is 33.4 Å². The summed E-state index contributed by atoms with van der Waals surface area (Å²) in [5.74, 6) is 1.73. The van der Waals surface area contributed by atoms with E-state index >= 15 is 0 Å². The van der Waals surface area contributed by atoms with Crippen LogP contribution in [0.5, 0.6) is 0 Å². The Morgan fingerprint density at radius 1 is 0.317 bits per heavy atom. The number of aromatic nitrogens is 3. The first-order valence-electron chi connectivity index (χ1n) is 20.5. The number of fused-ring (bicyclic) bond motifs is 1. The average Bonchev–Trinajstić information content (AvgIpc) is 3.26.